The van der Waals surface area contributed by atoms with Crippen molar-refractivity contribution < 1.29 is 9.53 Å². The van der Waals surface area contributed by atoms with Gasteiger partial charge >= 0.3 is 5.97 Å². The summed E-state index contributed by atoms with van der Waals surface area (Å²) >= 11 is 2.17. The summed E-state index contributed by atoms with van der Waals surface area (Å²) in [7, 11) is 0. The van der Waals surface area contributed by atoms with Crippen molar-refractivity contribution in [3.8, 4) is 0 Å². The standard InChI is InChI=1S/C8H11IO2/c1-2-4-8(9)5-3-6-11-7(8)10/h2H,1,3-6H2/t8-/m1/s1. The number of alkyl halides is 1. The van der Waals surface area contributed by atoms with Gasteiger partial charge in [0.15, 0.2) is 0 Å². The SMILES string of the molecule is C=CC[C@@]1(I)CCCOC1=O. The molecule has 3 heteroatoms. The topological polar surface area (TPSA) is 26.3 Å². The number of esters is 1. The average Bonchev–Trinajstić information content (AvgIpc) is 1.96. The molecule has 0 saturated carbocycles. The van der Waals surface area contributed by atoms with Crippen LogP contribution in [0.3, 0.4) is 0 Å². The third-order valence-electron chi connectivity index (χ3n) is 1.78. The van der Waals surface area contributed by atoms with Crippen LogP contribution < -0.4 is 0 Å². The Labute approximate surface area is 80.1 Å². The van der Waals surface area contributed by atoms with E-state index in [0.717, 1.165) is 12.8 Å². The van der Waals surface area contributed by atoms with Gasteiger partial charge in [-0.05, 0) is 19.3 Å². The quantitative estimate of drug-likeness (QED) is 0.331. The summed E-state index contributed by atoms with van der Waals surface area (Å²) < 4.78 is 4.63. The first kappa shape index (κ1) is 9.03. The molecule has 1 aliphatic heterocycles. The molecule has 0 spiro atoms. The predicted molar refractivity (Wildman–Crippen MR) is 51.8 cm³/mol. The van der Waals surface area contributed by atoms with Gasteiger partial charge in [0.1, 0.15) is 3.42 Å². The predicted octanol–water partition coefficient (Wildman–Crippen LogP) is 2.07. The zero-order chi connectivity index (χ0) is 8.32. The van der Waals surface area contributed by atoms with Crippen molar-refractivity contribution in [2.75, 3.05) is 6.61 Å². The van der Waals surface area contributed by atoms with Gasteiger partial charge in [-0.25, -0.2) is 0 Å². The Bertz CT molecular complexity index is 179. The van der Waals surface area contributed by atoms with Crippen molar-refractivity contribution in [3.63, 3.8) is 0 Å². The molecule has 1 heterocycles. The van der Waals surface area contributed by atoms with Crippen LogP contribution in [0.2, 0.25) is 0 Å². The van der Waals surface area contributed by atoms with Gasteiger partial charge in [0.2, 0.25) is 0 Å². The molecule has 0 aromatic heterocycles. The average molecular weight is 266 g/mol. The van der Waals surface area contributed by atoms with Crippen LogP contribution >= 0.6 is 22.6 Å². The number of cyclic esters (lactones) is 1. The number of carbonyl (C=O) groups is 1. The molecule has 62 valence electrons. The molecule has 1 fully saturated rings. The lowest BCUT2D eigenvalue weighted by atomic mass is 9.98. The molecule has 0 aromatic carbocycles. The van der Waals surface area contributed by atoms with Crippen LogP contribution in [-0.2, 0) is 9.53 Å². The molecular weight excluding hydrogens is 255 g/mol. The number of rotatable bonds is 2. The molecule has 2 nitrogen and oxygen atoms in total. The Balaban J connectivity index is 2.64. The highest BCUT2D eigenvalue weighted by atomic mass is 127. The molecule has 0 radical (unpaired) electrons. The van der Waals surface area contributed by atoms with Gasteiger partial charge in [0.25, 0.3) is 0 Å². The minimum Gasteiger partial charge on any atom is -0.465 e. The Morgan fingerprint density at radius 1 is 1.82 bits per heavy atom. The Hall–Kier alpha value is -0.0600. The summed E-state index contributed by atoms with van der Waals surface area (Å²) in [6.45, 7) is 4.21. The van der Waals surface area contributed by atoms with Gasteiger partial charge in [0.05, 0.1) is 6.61 Å². The van der Waals surface area contributed by atoms with E-state index in [9.17, 15) is 4.79 Å². The number of allylic oxidation sites excluding steroid dienone is 1. The van der Waals surface area contributed by atoms with Crippen LogP contribution in [0.1, 0.15) is 19.3 Å². The van der Waals surface area contributed by atoms with Crippen molar-refractivity contribution in [1.29, 1.82) is 0 Å². The maximum atomic E-state index is 11.2. The molecule has 0 unspecified atom stereocenters. The number of hydrogen-bond donors (Lipinski definition) is 0. The van der Waals surface area contributed by atoms with Crippen LogP contribution in [0.5, 0.6) is 0 Å². The maximum absolute atomic E-state index is 11.2. The zero-order valence-corrected chi connectivity index (χ0v) is 8.46. The second kappa shape index (κ2) is 3.56. The van der Waals surface area contributed by atoms with Crippen molar-refractivity contribution in [3.05, 3.63) is 12.7 Å². The van der Waals surface area contributed by atoms with Crippen LogP contribution in [0, 0.1) is 0 Å². The molecule has 0 aliphatic carbocycles. The van der Waals surface area contributed by atoms with Crippen molar-refractivity contribution in [1.82, 2.24) is 0 Å². The van der Waals surface area contributed by atoms with E-state index >= 15 is 0 Å². The third-order valence-corrected chi connectivity index (χ3v) is 3.20. The molecule has 0 aromatic rings. The first-order chi connectivity index (χ1) is 5.19. The number of ether oxygens (including phenoxy) is 1. The molecule has 0 bridgehead atoms. The summed E-state index contributed by atoms with van der Waals surface area (Å²) in [5.41, 5.74) is 0. The second-order valence-corrected chi connectivity index (χ2v) is 4.76. The van der Waals surface area contributed by atoms with Crippen LogP contribution in [0.15, 0.2) is 12.7 Å². The maximum Gasteiger partial charge on any atom is 0.322 e. The summed E-state index contributed by atoms with van der Waals surface area (Å²) in [6.07, 6.45) is 4.38. The lowest BCUT2D eigenvalue weighted by Gasteiger charge is -2.28. The monoisotopic (exact) mass is 266 g/mol. The summed E-state index contributed by atoms with van der Waals surface area (Å²) in [5.74, 6) is -0.0794. The fourth-order valence-electron chi connectivity index (χ4n) is 1.16. The largest absolute Gasteiger partial charge is 0.465 e. The molecule has 0 N–H and O–H groups in total. The lowest BCUT2D eigenvalue weighted by Crippen LogP contribution is -2.37. The lowest BCUT2D eigenvalue weighted by molar-refractivity contribution is -0.149. The minimum atomic E-state index is -0.322. The molecule has 1 saturated heterocycles. The van der Waals surface area contributed by atoms with Gasteiger partial charge in [-0.15, -0.1) is 6.58 Å². The van der Waals surface area contributed by atoms with Gasteiger partial charge in [0, 0.05) is 0 Å². The second-order valence-electron chi connectivity index (χ2n) is 2.70. The fourth-order valence-corrected chi connectivity index (χ4v) is 2.01. The van der Waals surface area contributed by atoms with Crippen molar-refractivity contribution in [2.24, 2.45) is 0 Å². The van der Waals surface area contributed by atoms with E-state index in [1.54, 1.807) is 6.08 Å². The Kier molecular flexibility index (Phi) is 2.92. The van der Waals surface area contributed by atoms with E-state index < -0.39 is 0 Å². The van der Waals surface area contributed by atoms with Crippen LogP contribution in [-0.4, -0.2) is 16.0 Å². The molecule has 0 amide bonds. The van der Waals surface area contributed by atoms with Crippen LogP contribution in [0.25, 0.3) is 0 Å². The Morgan fingerprint density at radius 3 is 3.09 bits per heavy atom. The van der Waals surface area contributed by atoms with Crippen LogP contribution in [0.4, 0.5) is 0 Å². The van der Waals surface area contributed by atoms with E-state index in [2.05, 4.69) is 29.2 Å². The molecule has 1 atom stereocenters. The smallest absolute Gasteiger partial charge is 0.322 e. The molecule has 11 heavy (non-hydrogen) atoms. The number of carbonyl (C=O) groups excluding carboxylic acids is 1. The summed E-state index contributed by atoms with van der Waals surface area (Å²) in [5, 5.41) is 0. The van der Waals surface area contributed by atoms with Gasteiger partial charge in [-0.1, -0.05) is 28.7 Å². The van der Waals surface area contributed by atoms with Gasteiger partial charge in [-0.2, -0.15) is 0 Å². The van der Waals surface area contributed by atoms with E-state index in [1.807, 2.05) is 0 Å². The molecule has 1 rings (SSSR count). The molecule has 1 aliphatic rings. The van der Waals surface area contributed by atoms with Crippen molar-refractivity contribution >= 4 is 28.6 Å². The minimum absolute atomic E-state index is 0.0794. The highest BCUT2D eigenvalue weighted by Gasteiger charge is 2.37. The van der Waals surface area contributed by atoms with Gasteiger partial charge in [-0.3, -0.25) is 4.79 Å². The first-order valence-corrected chi connectivity index (χ1v) is 4.74. The fraction of sp³-hybridized carbons (Fsp3) is 0.625. The van der Waals surface area contributed by atoms with E-state index in [0.29, 0.717) is 13.0 Å². The normalized spacial score (nSPS) is 31.2. The summed E-state index contributed by atoms with van der Waals surface area (Å²) in [4.78, 5) is 11.2. The zero-order valence-electron chi connectivity index (χ0n) is 6.31. The van der Waals surface area contributed by atoms with Gasteiger partial charge < -0.3 is 4.74 Å². The Morgan fingerprint density at radius 2 is 2.55 bits per heavy atom. The van der Waals surface area contributed by atoms with E-state index in [1.165, 1.54) is 0 Å². The third kappa shape index (κ3) is 1.95. The van der Waals surface area contributed by atoms with E-state index in [-0.39, 0.29) is 9.39 Å². The summed E-state index contributed by atoms with van der Waals surface area (Å²) in [6, 6.07) is 0. The highest BCUT2D eigenvalue weighted by molar-refractivity contribution is 14.1. The highest BCUT2D eigenvalue weighted by Crippen LogP contribution is 2.33. The molecular formula is C8H11IO2. The first-order valence-electron chi connectivity index (χ1n) is 3.66. The number of halogens is 1. The van der Waals surface area contributed by atoms with E-state index in [4.69, 9.17) is 4.74 Å². The number of hydrogen-bond acceptors (Lipinski definition) is 2. The van der Waals surface area contributed by atoms with Crippen molar-refractivity contribution in [2.45, 2.75) is 22.7 Å².